The third-order valence-electron chi connectivity index (χ3n) is 4.27. The molecule has 0 bridgehead atoms. The van der Waals surface area contributed by atoms with Gasteiger partial charge in [0.2, 0.25) is 5.91 Å². The first-order valence-corrected chi connectivity index (χ1v) is 7.29. The molecule has 1 amide bonds. The Hall–Kier alpha value is -1.35. The van der Waals surface area contributed by atoms with Crippen LogP contribution in [0.25, 0.3) is 0 Å². The quantitative estimate of drug-likeness (QED) is 0.878. The molecule has 3 rings (SSSR count). The van der Waals surface area contributed by atoms with E-state index in [4.69, 9.17) is 0 Å². The molecule has 19 heavy (non-hydrogen) atoms. The Morgan fingerprint density at radius 2 is 2.11 bits per heavy atom. The van der Waals surface area contributed by atoms with Crippen molar-refractivity contribution in [1.82, 2.24) is 4.90 Å². The number of aliphatic hydroxyl groups is 1. The van der Waals surface area contributed by atoms with Crippen LogP contribution in [0.2, 0.25) is 0 Å². The maximum Gasteiger partial charge on any atom is 0.227 e. The monoisotopic (exact) mass is 259 g/mol. The van der Waals surface area contributed by atoms with Gasteiger partial charge in [-0.25, -0.2) is 0 Å². The van der Waals surface area contributed by atoms with Gasteiger partial charge in [-0.05, 0) is 48.8 Å². The van der Waals surface area contributed by atoms with Crippen LogP contribution < -0.4 is 0 Å². The molecule has 1 heterocycles. The molecule has 0 aromatic heterocycles. The summed E-state index contributed by atoms with van der Waals surface area (Å²) in [6, 6.07) is 6.46. The van der Waals surface area contributed by atoms with E-state index in [9.17, 15) is 9.90 Å². The maximum absolute atomic E-state index is 12.2. The highest BCUT2D eigenvalue weighted by Crippen LogP contribution is 2.23. The lowest BCUT2D eigenvalue weighted by Crippen LogP contribution is -2.42. The molecule has 1 fully saturated rings. The number of carbonyl (C=O) groups excluding carboxylic acids is 1. The Bertz CT molecular complexity index is 484. The van der Waals surface area contributed by atoms with Gasteiger partial charge in [0.15, 0.2) is 0 Å². The number of fused-ring (bicyclic) bond motifs is 1. The second-order valence-electron chi connectivity index (χ2n) is 5.77. The van der Waals surface area contributed by atoms with E-state index >= 15 is 0 Å². The zero-order valence-electron chi connectivity index (χ0n) is 11.3. The van der Waals surface area contributed by atoms with Gasteiger partial charge in [-0.3, -0.25) is 4.79 Å². The summed E-state index contributed by atoms with van der Waals surface area (Å²) in [5.74, 6) is 0.150. The lowest BCUT2D eigenvalue weighted by atomic mass is 10.0. The van der Waals surface area contributed by atoms with Crippen molar-refractivity contribution in [2.24, 2.45) is 0 Å². The molecule has 1 atom stereocenters. The van der Waals surface area contributed by atoms with E-state index in [-0.39, 0.29) is 12.0 Å². The van der Waals surface area contributed by atoms with E-state index in [1.807, 2.05) is 0 Å². The number of hydrogen-bond acceptors (Lipinski definition) is 2. The van der Waals surface area contributed by atoms with Crippen LogP contribution in [0.5, 0.6) is 0 Å². The Kier molecular flexibility index (Phi) is 3.56. The van der Waals surface area contributed by atoms with Gasteiger partial charge in [0.05, 0.1) is 12.5 Å². The molecule has 3 heteroatoms. The zero-order valence-corrected chi connectivity index (χ0v) is 11.3. The molecule has 2 aliphatic rings. The highest BCUT2D eigenvalue weighted by molar-refractivity contribution is 5.79. The Balaban J connectivity index is 1.66. The first-order chi connectivity index (χ1) is 9.22. The van der Waals surface area contributed by atoms with Gasteiger partial charge in [0.1, 0.15) is 0 Å². The average Bonchev–Trinajstić information content (AvgIpc) is 2.86. The third kappa shape index (κ3) is 2.81. The molecule has 0 saturated carbocycles. The Labute approximate surface area is 114 Å². The summed E-state index contributed by atoms with van der Waals surface area (Å²) in [6.45, 7) is 1.30. The predicted octanol–water partition coefficient (Wildman–Crippen LogP) is 1.70. The van der Waals surface area contributed by atoms with Crippen LogP contribution in [-0.2, 0) is 24.1 Å². The number of aryl methyl sites for hydroxylation is 2. The first-order valence-electron chi connectivity index (χ1n) is 7.29. The van der Waals surface area contributed by atoms with Crippen molar-refractivity contribution < 1.29 is 9.90 Å². The number of rotatable bonds is 2. The summed E-state index contributed by atoms with van der Waals surface area (Å²) in [7, 11) is 0. The smallest absolute Gasteiger partial charge is 0.227 e. The standard InChI is InChI=1S/C16H21NO2/c18-15-5-2-8-17(11-15)16(19)10-12-6-7-13-3-1-4-14(13)9-12/h6-7,9,15,18H,1-5,8,10-11H2. The van der Waals surface area contributed by atoms with Crippen LogP contribution in [0.15, 0.2) is 18.2 Å². The highest BCUT2D eigenvalue weighted by Gasteiger charge is 2.22. The second-order valence-corrected chi connectivity index (χ2v) is 5.77. The minimum atomic E-state index is -0.335. The van der Waals surface area contributed by atoms with Crippen molar-refractivity contribution in [2.75, 3.05) is 13.1 Å². The van der Waals surface area contributed by atoms with Crippen molar-refractivity contribution in [3.05, 3.63) is 34.9 Å². The third-order valence-corrected chi connectivity index (χ3v) is 4.27. The van der Waals surface area contributed by atoms with Crippen LogP contribution in [0.1, 0.15) is 36.0 Å². The van der Waals surface area contributed by atoms with Crippen LogP contribution in [0, 0.1) is 0 Å². The molecule has 1 aliphatic carbocycles. The zero-order chi connectivity index (χ0) is 13.2. The minimum Gasteiger partial charge on any atom is -0.391 e. The summed E-state index contributed by atoms with van der Waals surface area (Å²) in [5, 5.41) is 9.63. The molecular formula is C16H21NO2. The van der Waals surface area contributed by atoms with Gasteiger partial charge in [-0.1, -0.05) is 18.2 Å². The summed E-state index contributed by atoms with van der Waals surface area (Å²) >= 11 is 0. The van der Waals surface area contributed by atoms with E-state index in [2.05, 4.69) is 18.2 Å². The topological polar surface area (TPSA) is 40.5 Å². The fourth-order valence-corrected chi connectivity index (χ4v) is 3.20. The van der Waals surface area contributed by atoms with E-state index in [1.165, 1.54) is 24.0 Å². The van der Waals surface area contributed by atoms with Crippen LogP contribution in [-0.4, -0.2) is 35.1 Å². The van der Waals surface area contributed by atoms with Crippen molar-refractivity contribution in [2.45, 2.75) is 44.6 Å². The Morgan fingerprint density at radius 1 is 1.26 bits per heavy atom. The number of β-amino-alcohol motifs (C(OH)–C–C–N with tert-alkyl or cyclic N) is 1. The van der Waals surface area contributed by atoms with Crippen molar-refractivity contribution in [1.29, 1.82) is 0 Å². The summed E-state index contributed by atoms with van der Waals surface area (Å²) in [6.07, 6.45) is 5.45. The molecule has 1 aliphatic heterocycles. The molecule has 3 nitrogen and oxygen atoms in total. The highest BCUT2D eigenvalue weighted by atomic mass is 16.3. The predicted molar refractivity (Wildman–Crippen MR) is 74.0 cm³/mol. The minimum absolute atomic E-state index is 0.150. The van der Waals surface area contributed by atoms with Gasteiger partial charge in [0.25, 0.3) is 0 Å². The van der Waals surface area contributed by atoms with Crippen LogP contribution >= 0.6 is 0 Å². The average molecular weight is 259 g/mol. The SMILES string of the molecule is O=C(Cc1ccc2c(c1)CCC2)N1CCCC(O)C1. The number of piperidine rings is 1. The van der Waals surface area contributed by atoms with Gasteiger partial charge >= 0.3 is 0 Å². The normalized spacial score (nSPS) is 22.4. The Morgan fingerprint density at radius 3 is 2.95 bits per heavy atom. The molecule has 0 radical (unpaired) electrons. The lowest BCUT2D eigenvalue weighted by Gasteiger charge is -2.30. The van der Waals surface area contributed by atoms with Crippen molar-refractivity contribution in [3.8, 4) is 0 Å². The van der Waals surface area contributed by atoms with Crippen molar-refractivity contribution in [3.63, 3.8) is 0 Å². The number of likely N-dealkylation sites (tertiary alicyclic amines) is 1. The molecule has 1 saturated heterocycles. The summed E-state index contributed by atoms with van der Waals surface area (Å²) in [4.78, 5) is 14.0. The number of hydrogen-bond donors (Lipinski definition) is 1. The van der Waals surface area contributed by atoms with E-state index < -0.39 is 0 Å². The van der Waals surface area contributed by atoms with E-state index in [1.54, 1.807) is 4.90 Å². The lowest BCUT2D eigenvalue weighted by molar-refractivity contribution is -0.133. The van der Waals surface area contributed by atoms with Crippen LogP contribution in [0.3, 0.4) is 0 Å². The van der Waals surface area contributed by atoms with E-state index in [0.29, 0.717) is 13.0 Å². The van der Waals surface area contributed by atoms with Gasteiger partial charge in [0, 0.05) is 13.1 Å². The molecule has 1 aromatic carbocycles. The van der Waals surface area contributed by atoms with Gasteiger partial charge < -0.3 is 10.0 Å². The number of benzene rings is 1. The number of carbonyl (C=O) groups is 1. The molecule has 1 aromatic rings. The number of amides is 1. The molecular weight excluding hydrogens is 238 g/mol. The molecule has 0 spiro atoms. The summed E-state index contributed by atoms with van der Waals surface area (Å²) in [5.41, 5.74) is 3.99. The fraction of sp³-hybridized carbons (Fsp3) is 0.562. The van der Waals surface area contributed by atoms with Gasteiger partial charge in [-0.15, -0.1) is 0 Å². The summed E-state index contributed by atoms with van der Waals surface area (Å²) < 4.78 is 0. The first kappa shape index (κ1) is 12.7. The molecule has 102 valence electrons. The van der Waals surface area contributed by atoms with Crippen molar-refractivity contribution >= 4 is 5.91 Å². The van der Waals surface area contributed by atoms with Crippen LogP contribution in [0.4, 0.5) is 0 Å². The molecule has 1 unspecified atom stereocenters. The number of nitrogens with zero attached hydrogens (tertiary/aromatic N) is 1. The second kappa shape index (κ2) is 5.33. The van der Waals surface area contributed by atoms with Gasteiger partial charge in [-0.2, -0.15) is 0 Å². The largest absolute Gasteiger partial charge is 0.391 e. The number of aliphatic hydroxyl groups excluding tert-OH is 1. The fourth-order valence-electron chi connectivity index (χ4n) is 3.20. The molecule has 1 N–H and O–H groups in total. The maximum atomic E-state index is 12.2. The van der Waals surface area contributed by atoms with E-state index in [0.717, 1.165) is 31.4 Å².